The van der Waals surface area contributed by atoms with Gasteiger partial charge in [-0.3, -0.25) is 9.59 Å². The van der Waals surface area contributed by atoms with Crippen molar-refractivity contribution >= 4 is 23.6 Å². The lowest BCUT2D eigenvalue weighted by Gasteiger charge is -2.22. The Morgan fingerprint density at radius 1 is 1.13 bits per heavy atom. The molecule has 0 atom stereocenters. The van der Waals surface area contributed by atoms with Gasteiger partial charge in [0.1, 0.15) is 0 Å². The summed E-state index contributed by atoms with van der Waals surface area (Å²) in [6.45, 7) is 6.10. The van der Waals surface area contributed by atoms with Crippen LogP contribution in [0.4, 0.5) is 5.69 Å². The molecular formula is C24H30N2O4. The van der Waals surface area contributed by atoms with Gasteiger partial charge in [-0.25, -0.2) is 0 Å². The Balaban J connectivity index is 2.00. The highest BCUT2D eigenvalue weighted by Gasteiger charge is 2.18. The minimum absolute atomic E-state index is 0.0261. The molecule has 6 nitrogen and oxygen atoms in total. The average molecular weight is 411 g/mol. The summed E-state index contributed by atoms with van der Waals surface area (Å²) in [6, 6.07) is 13.0. The van der Waals surface area contributed by atoms with Crippen molar-refractivity contribution in [2.75, 3.05) is 32.1 Å². The van der Waals surface area contributed by atoms with Crippen LogP contribution in [0.1, 0.15) is 31.4 Å². The molecule has 0 saturated carbocycles. The third-order valence-electron chi connectivity index (χ3n) is 4.50. The molecule has 0 aliphatic rings. The summed E-state index contributed by atoms with van der Waals surface area (Å²) in [4.78, 5) is 26.7. The van der Waals surface area contributed by atoms with Gasteiger partial charge < -0.3 is 19.7 Å². The summed E-state index contributed by atoms with van der Waals surface area (Å²) in [7, 11) is 1.56. The Labute approximate surface area is 178 Å². The van der Waals surface area contributed by atoms with Crippen LogP contribution in [-0.2, 0) is 9.59 Å². The van der Waals surface area contributed by atoms with Crippen molar-refractivity contribution in [2.24, 2.45) is 0 Å². The first-order valence-electron chi connectivity index (χ1n) is 10.0. The maximum atomic E-state index is 12.7. The number of hydrogen-bond acceptors (Lipinski definition) is 4. The number of nitrogens with one attached hydrogen (secondary N) is 1. The number of carbonyl (C=O) groups excluding carboxylic acids is 2. The quantitative estimate of drug-likeness (QED) is 0.634. The zero-order chi connectivity index (χ0) is 21.9. The van der Waals surface area contributed by atoms with Gasteiger partial charge in [-0.05, 0) is 49.6 Å². The van der Waals surface area contributed by atoms with Crippen molar-refractivity contribution in [2.45, 2.75) is 27.2 Å². The topological polar surface area (TPSA) is 67.9 Å². The Morgan fingerprint density at radius 3 is 2.57 bits per heavy atom. The second kappa shape index (κ2) is 11.7. The fourth-order valence-electron chi connectivity index (χ4n) is 2.97. The summed E-state index contributed by atoms with van der Waals surface area (Å²) in [6.07, 6.45) is 4.63. The minimum Gasteiger partial charge on any atom is -0.493 e. The Hall–Kier alpha value is -3.28. The van der Waals surface area contributed by atoms with Crippen molar-refractivity contribution in [3.05, 3.63) is 59.7 Å². The standard InChI is InChI=1S/C24H30N2O4/c1-5-9-19-12-13-21(22(15-19)29-4)30-17-24(28)26(14-6-2)16-23(27)25-20-11-8-7-10-18(20)3/h5,7-13,15H,6,14,16-17H2,1-4H3,(H,25,27)/b9-5+. The molecule has 0 radical (unpaired) electrons. The molecule has 2 aromatic carbocycles. The number of rotatable bonds is 10. The number of ether oxygens (including phenoxy) is 2. The predicted molar refractivity (Wildman–Crippen MR) is 120 cm³/mol. The van der Waals surface area contributed by atoms with Crippen LogP contribution in [0.5, 0.6) is 11.5 Å². The Morgan fingerprint density at radius 2 is 1.90 bits per heavy atom. The van der Waals surface area contributed by atoms with Gasteiger partial charge in [0.25, 0.3) is 5.91 Å². The molecule has 2 aromatic rings. The van der Waals surface area contributed by atoms with Gasteiger partial charge in [0, 0.05) is 12.2 Å². The second-order valence-electron chi connectivity index (χ2n) is 6.88. The number of para-hydroxylation sites is 1. The van der Waals surface area contributed by atoms with Gasteiger partial charge in [0.05, 0.1) is 13.7 Å². The van der Waals surface area contributed by atoms with E-state index in [2.05, 4.69) is 5.32 Å². The molecule has 0 unspecified atom stereocenters. The maximum absolute atomic E-state index is 12.7. The van der Waals surface area contributed by atoms with Crippen molar-refractivity contribution < 1.29 is 19.1 Å². The maximum Gasteiger partial charge on any atom is 0.260 e. The first kappa shape index (κ1) is 23.0. The highest BCUT2D eigenvalue weighted by molar-refractivity contribution is 5.95. The van der Waals surface area contributed by atoms with E-state index in [4.69, 9.17) is 9.47 Å². The van der Waals surface area contributed by atoms with Crippen molar-refractivity contribution in [3.8, 4) is 11.5 Å². The van der Waals surface area contributed by atoms with Gasteiger partial charge in [0.2, 0.25) is 5.91 Å². The van der Waals surface area contributed by atoms with E-state index in [-0.39, 0.29) is 25.0 Å². The summed E-state index contributed by atoms with van der Waals surface area (Å²) in [5.74, 6) is 0.549. The lowest BCUT2D eigenvalue weighted by molar-refractivity contribution is -0.136. The van der Waals surface area contributed by atoms with Crippen LogP contribution < -0.4 is 14.8 Å². The number of benzene rings is 2. The summed E-state index contributed by atoms with van der Waals surface area (Å²) >= 11 is 0. The highest BCUT2D eigenvalue weighted by Crippen LogP contribution is 2.28. The molecule has 0 saturated heterocycles. The number of hydrogen-bond donors (Lipinski definition) is 1. The zero-order valence-electron chi connectivity index (χ0n) is 18.1. The van der Waals surface area contributed by atoms with E-state index in [1.165, 1.54) is 4.90 Å². The number of methoxy groups -OCH3 is 1. The van der Waals surface area contributed by atoms with Crippen molar-refractivity contribution in [1.29, 1.82) is 0 Å². The molecule has 0 fully saturated rings. The average Bonchev–Trinajstić information content (AvgIpc) is 2.74. The number of amides is 2. The zero-order valence-corrected chi connectivity index (χ0v) is 18.1. The second-order valence-corrected chi connectivity index (χ2v) is 6.88. The molecule has 2 amide bonds. The lowest BCUT2D eigenvalue weighted by Crippen LogP contribution is -2.41. The van der Waals surface area contributed by atoms with E-state index in [0.717, 1.165) is 23.2 Å². The smallest absolute Gasteiger partial charge is 0.260 e. The fourth-order valence-corrected chi connectivity index (χ4v) is 2.97. The normalized spacial score (nSPS) is 10.7. The van der Waals surface area contributed by atoms with E-state index < -0.39 is 0 Å². The molecule has 2 rings (SSSR count). The lowest BCUT2D eigenvalue weighted by atomic mass is 10.2. The van der Waals surface area contributed by atoms with E-state index in [1.807, 2.05) is 69.3 Å². The summed E-state index contributed by atoms with van der Waals surface area (Å²) in [5.41, 5.74) is 2.69. The van der Waals surface area contributed by atoms with Crippen LogP contribution in [-0.4, -0.2) is 43.5 Å². The van der Waals surface area contributed by atoms with E-state index in [9.17, 15) is 9.59 Å². The summed E-state index contributed by atoms with van der Waals surface area (Å²) < 4.78 is 11.1. The van der Waals surface area contributed by atoms with E-state index >= 15 is 0 Å². The van der Waals surface area contributed by atoms with Crippen LogP contribution in [0.25, 0.3) is 6.08 Å². The van der Waals surface area contributed by atoms with Gasteiger partial charge in [-0.1, -0.05) is 43.3 Å². The monoisotopic (exact) mass is 410 g/mol. The molecule has 160 valence electrons. The van der Waals surface area contributed by atoms with Gasteiger partial charge >= 0.3 is 0 Å². The molecule has 0 bridgehead atoms. The number of anilines is 1. The molecule has 30 heavy (non-hydrogen) atoms. The highest BCUT2D eigenvalue weighted by atomic mass is 16.5. The molecule has 6 heteroatoms. The molecule has 0 aliphatic carbocycles. The number of allylic oxidation sites excluding steroid dienone is 1. The van der Waals surface area contributed by atoms with Gasteiger partial charge in [0.15, 0.2) is 18.1 Å². The summed E-state index contributed by atoms with van der Waals surface area (Å²) in [5, 5.41) is 2.86. The fraction of sp³-hybridized carbons (Fsp3) is 0.333. The molecule has 0 heterocycles. The SMILES string of the molecule is C/C=C/c1ccc(OCC(=O)N(CCC)CC(=O)Nc2ccccc2C)c(OC)c1. The van der Waals surface area contributed by atoms with Crippen LogP contribution in [0.3, 0.4) is 0 Å². The Bertz CT molecular complexity index is 893. The molecule has 1 N–H and O–H groups in total. The van der Waals surface area contributed by atoms with E-state index in [1.54, 1.807) is 13.2 Å². The third-order valence-corrected chi connectivity index (χ3v) is 4.50. The van der Waals surface area contributed by atoms with E-state index in [0.29, 0.717) is 18.0 Å². The van der Waals surface area contributed by atoms with Gasteiger partial charge in [-0.15, -0.1) is 0 Å². The van der Waals surface area contributed by atoms with Crippen LogP contribution in [0.15, 0.2) is 48.5 Å². The van der Waals surface area contributed by atoms with Crippen LogP contribution in [0.2, 0.25) is 0 Å². The number of nitrogens with zero attached hydrogens (tertiary/aromatic N) is 1. The van der Waals surface area contributed by atoms with Crippen LogP contribution >= 0.6 is 0 Å². The number of aryl methyl sites for hydroxylation is 1. The number of carbonyl (C=O) groups is 2. The molecule has 0 aromatic heterocycles. The minimum atomic E-state index is -0.253. The molecular weight excluding hydrogens is 380 g/mol. The Kier molecular flexibility index (Phi) is 8.94. The van der Waals surface area contributed by atoms with Gasteiger partial charge in [-0.2, -0.15) is 0 Å². The van der Waals surface area contributed by atoms with Crippen molar-refractivity contribution in [3.63, 3.8) is 0 Å². The molecule has 0 aliphatic heterocycles. The first-order valence-corrected chi connectivity index (χ1v) is 10.0. The largest absolute Gasteiger partial charge is 0.493 e. The molecule has 0 spiro atoms. The predicted octanol–water partition coefficient (Wildman–Crippen LogP) is 4.29. The third kappa shape index (κ3) is 6.65. The van der Waals surface area contributed by atoms with Crippen LogP contribution in [0, 0.1) is 6.92 Å². The van der Waals surface area contributed by atoms with Crippen molar-refractivity contribution in [1.82, 2.24) is 4.90 Å². The first-order chi connectivity index (χ1) is 14.5.